The van der Waals surface area contributed by atoms with E-state index in [-0.39, 0.29) is 0 Å². The maximum atomic E-state index is 6.14. The highest BCUT2D eigenvalue weighted by Gasteiger charge is 2.22. The van der Waals surface area contributed by atoms with Gasteiger partial charge in [-0.3, -0.25) is 4.90 Å². The number of benzene rings is 1. The van der Waals surface area contributed by atoms with Crippen LogP contribution in [0.4, 0.5) is 0 Å². The fourth-order valence-electron chi connectivity index (χ4n) is 2.58. The summed E-state index contributed by atoms with van der Waals surface area (Å²) in [6.07, 6.45) is 1.23. The second-order valence-corrected chi connectivity index (χ2v) is 6.06. The Hall–Kier alpha value is -0.860. The highest BCUT2D eigenvalue weighted by atomic mass is 15.1. The van der Waals surface area contributed by atoms with Gasteiger partial charge in [0.05, 0.1) is 0 Å². The molecule has 0 amide bonds. The van der Waals surface area contributed by atoms with Gasteiger partial charge in [0.25, 0.3) is 0 Å². The number of piperidine rings is 1. The molecule has 2 nitrogen and oxygen atoms in total. The van der Waals surface area contributed by atoms with E-state index < -0.39 is 0 Å². The van der Waals surface area contributed by atoms with Crippen LogP contribution in [0.25, 0.3) is 0 Å². The van der Waals surface area contributed by atoms with Gasteiger partial charge >= 0.3 is 0 Å². The molecule has 1 aromatic carbocycles. The predicted molar refractivity (Wildman–Crippen MR) is 77.6 cm³/mol. The molecule has 2 unspecified atom stereocenters. The van der Waals surface area contributed by atoms with Gasteiger partial charge < -0.3 is 5.73 Å². The van der Waals surface area contributed by atoms with Gasteiger partial charge in [-0.1, -0.05) is 45.0 Å². The predicted octanol–water partition coefficient (Wildman–Crippen LogP) is 2.98. The first-order chi connectivity index (χ1) is 8.56. The summed E-state index contributed by atoms with van der Waals surface area (Å²) >= 11 is 0. The van der Waals surface area contributed by atoms with Gasteiger partial charge in [0, 0.05) is 19.1 Å². The third-order valence-corrected chi connectivity index (χ3v) is 4.15. The summed E-state index contributed by atoms with van der Waals surface area (Å²) < 4.78 is 0. The second-order valence-electron chi connectivity index (χ2n) is 6.06. The third kappa shape index (κ3) is 3.33. The van der Waals surface area contributed by atoms with Gasteiger partial charge in [0.2, 0.25) is 0 Å². The summed E-state index contributed by atoms with van der Waals surface area (Å²) in [7, 11) is 0. The third-order valence-electron chi connectivity index (χ3n) is 4.15. The van der Waals surface area contributed by atoms with E-state index in [4.69, 9.17) is 5.73 Å². The molecular weight excluding hydrogens is 220 g/mol. The number of likely N-dealkylation sites (tertiary alicyclic amines) is 1. The van der Waals surface area contributed by atoms with Crippen molar-refractivity contribution in [2.75, 3.05) is 13.1 Å². The van der Waals surface area contributed by atoms with Crippen LogP contribution in [-0.4, -0.2) is 24.0 Å². The quantitative estimate of drug-likeness (QED) is 0.888. The van der Waals surface area contributed by atoms with Crippen LogP contribution in [0.5, 0.6) is 0 Å². The Bertz CT molecular complexity index is 369. The Morgan fingerprint density at radius 1 is 1.28 bits per heavy atom. The van der Waals surface area contributed by atoms with Crippen molar-refractivity contribution < 1.29 is 0 Å². The van der Waals surface area contributed by atoms with Gasteiger partial charge in [0.15, 0.2) is 0 Å². The molecule has 1 aliphatic heterocycles. The van der Waals surface area contributed by atoms with E-state index in [2.05, 4.69) is 49.9 Å². The fourth-order valence-corrected chi connectivity index (χ4v) is 2.58. The largest absolute Gasteiger partial charge is 0.326 e. The van der Waals surface area contributed by atoms with Crippen LogP contribution in [0.3, 0.4) is 0 Å². The lowest BCUT2D eigenvalue weighted by Crippen LogP contribution is -2.47. The number of hydrogen-bond donors (Lipinski definition) is 1. The monoisotopic (exact) mass is 246 g/mol. The summed E-state index contributed by atoms with van der Waals surface area (Å²) in [6, 6.07) is 9.38. The molecular formula is C16H26N2. The van der Waals surface area contributed by atoms with Gasteiger partial charge in [-0.2, -0.15) is 0 Å². The van der Waals surface area contributed by atoms with Crippen LogP contribution in [0, 0.1) is 5.92 Å². The molecule has 0 aliphatic carbocycles. The normalized spacial score (nSPS) is 25.6. The van der Waals surface area contributed by atoms with Crippen molar-refractivity contribution in [1.29, 1.82) is 0 Å². The number of rotatable bonds is 3. The summed E-state index contributed by atoms with van der Waals surface area (Å²) in [5.41, 5.74) is 8.97. The van der Waals surface area contributed by atoms with E-state index in [9.17, 15) is 0 Å². The maximum absolute atomic E-state index is 6.14. The SMILES string of the molecule is CC(C)c1ccc(CN2CCC(C)C(N)C2)cc1. The summed E-state index contributed by atoms with van der Waals surface area (Å²) in [6.45, 7) is 9.99. The Labute approximate surface area is 111 Å². The van der Waals surface area contributed by atoms with E-state index in [1.165, 1.54) is 24.1 Å². The first-order valence-corrected chi connectivity index (χ1v) is 7.13. The van der Waals surface area contributed by atoms with Gasteiger partial charge in [0.1, 0.15) is 0 Å². The van der Waals surface area contributed by atoms with Crippen molar-refractivity contribution in [3.8, 4) is 0 Å². The molecule has 1 heterocycles. The molecule has 0 bridgehead atoms. The molecule has 2 atom stereocenters. The average Bonchev–Trinajstić information content (AvgIpc) is 2.34. The Kier molecular flexibility index (Phi) is 4.41. The van der Waals surface area contributed by atoms with Gasteiger partial charge in [-0.25, -0.2) is 0 Å². The molecule has 0 radical (unpaired) electrons. The van der Waals surface area contributed by atoms with E-state index in [0.29, 0.717) is 17.9 Å². The van der Waals surface area contributed by atoms with Crippen molar-refractivity contribution in [1.82, 2.24) is 4.90 Å². The molecule has 1 aromatic rings. The highest BCUT2D eigenvalue weighted by molar-refractivity contribution is 5.24. The number of nitrogens with zero attached hydrogens (tertiary/aromatic N) is 1. The molecule has 1 aliphatic rings. The lowest BCUT2D eigenvalue weighted by Gasteiger charge is -2.35. The van der Waals surface area contributed by atoms with E-state index in [0.717, 1.165) is 13.1 Å². The lowest BCUT2D eigenvalue weighted by atomic mass is 9.94. The zero-order chi connectivity index (χ0) is 13.1. The molecule has 2 N–H and O–H groups in total. The number of nitrogens with two attached hydrogens (primary N) is 1. The highest BCUT2D eigenvalue weighted by Crippen LogP contribution is 2.19. The van der Waals surface area contributed by atoms with Crippen molar-refractivity contribution >= 4 is 0 Å². The fraction of sp³-hybridized carbons (Fsp3) is 0.625. The van der Waals surface area contributed by atoms with Crippen molar-refractivity contribution in [3.05, 3.63) is 35.4 Å². The maximum Gasteiger partial charge on any atom is 0.0234 e. The van der Waals surface area contributed by atoms with Gasteiger partial charge in [-0.05, 0) is 35.9 Å². The zero-order valence-corrected chi connectivity index (χ0v) is 11.9. The molecule has 2 rings (SSSR count). The first kappa shape index (κ1) is 13.6. The molecule has 18 heavy (non-hydrogen) atoms. The van der Waals surface area contributed by atoms with Crippen LogP contribution in [0.15, 0.2) is 24.3 Å². The molecule has 0 saturated carbocycles. The summed E-state index contributed by atoms with van der Waals surface area (Å²) in [5, 5.41) is 0. The molecule has 1 saturated heterocycles. The lowest BCUT2D eigenvalue weighted by molar-refractivity contribution is 0.162. The topological polar surface area (TPSA) is 29.3 Å². The minimum Gasteiger partial charge on any atom is -0.326 e. The zero-order valence-electron chi connectivity index (χ0n) is 11.9. The van der Waals surface area contributed by atoms with Crippen molar-refractivity contribution in [2.24, 2.45) is 11.7 Å². The van der Waals surface area contributed by atoms with E-state index in [1.54, 1.807) is 0 Å². The van der Waals surface area contributed by atoms with Crippen LogP contribution in [-0.2, 0) is 6.54 Å². The van der Waals surface area contributed by atoms with E-state index in [1.807, 2.05) is 0 Å². The van der Waals surface area contributed by atoms with E-state index >= 15 is 0 Å². The minimum absolute atomic E-state index is 0.341. The van der Waals surface area contributed by atoms with Gasteiger partial charge in [-0.15, -0.1) is 0 Å². The summed E-state index contributed by atoms with van der Waals surface area (Å²) in [4.78, 5) is 2.48. The molecule has 0 spiro atoms. The van der Waals surface area contributed by atoms with Crippen molar-refractivity contribution in [2.45, 2.75) is 45.7 Å². The standard InChI is InChI=1S/C16H26N2/c1-12(2)15-6-4-14(5-7-15)10-18-9-8-13(3)16(17)11-18/h4-7,12-13,16H,8-11,17H2,1-3H3. The van der Waals surface area contributed by atoms with Crippen molar-refractivity contribution in [3.63, 3.8) is 0 Å². The van der Waals surface area contributed by atoms with Crippen LogP contribution in [0.1, 0.15) is 44.2 Å². The molecule has 2 heteroatoms. The number of hydrogen-bond acceptors (Lipinski definition) is 2. The Balaban J connectivity index is 1.93. The molecule has 100 valence electrons. The summed E-state index contributed by atoms with van der Waals surface area (Å²) in [5.74, 6) is 1.29. The van der Waals surface area contributed by atoms with Crippen LogP contribution < -0.4 is 5.73 Å². The molecule has 1 fully saturated rings. The minimum atomic E-state index is 0.341. The average molecular weight is 246 g/mol. The molecule has 0 aromatic heterocycles. The smallest absolute Gasteiger partial charge is 0.0234 e. The Morgan fingerprint density at radius 3 is 2.50 bits per heavy atom. The second kappa shape index (κ2) is 5.85. The first-order valence-electron chi connectivity index (χ1n) is 7.13. The van der Waals surface area contributed by atoms with Crippen LogP contribution in [0.2, 0.25) is 0 Å². The Morgan fingerprint density at radius 2 is 1.94 bits per heavy atom. The van der Waals surface area contributed by atoms with Crippen LogP contribution >= 0.6 is 0 Å².